The van der Waals surface area contributed by atoms with Gasteiger partial charge in [0.2, 0.25) is 0 Å². The monoisotopic (exact) mass is 341 g/mol. The number of fused-ring (bicyclic) bond motifs is 1. The maximum Gasteiger partial charge on any atom is 0.270 e. The van der Waals surface area contributed by atoms with E-state index in [1.54, 1.807) is 12.1 Å². The van der Waals surface area contributed by atoms with Crippen molar-refractivity contribution in [2.24, 2.45) is 0 Å². The van der Waals surface area contributed by atoms with Crippen LogP contribution in [0.15, 0.2) is 24.3 Å². The number of hydrogen-bond donors (Lipinski definition) is 1. The average Bonchev–Trinajstić information content (AvgIpc) is 2.65. The summed E-state index contributed by atoms with van der Waals surface area (Å²) in [5.74, 6) is 0.595. The molecule has 2 heterocycles. The number of anilines is 1. The van der Waals surface area contributed by atoms with Gasteiger partial charge in [-0.15, -0.1) is 0 Å². The molecule has 130 valence electrons. The summed E-state index contributed by atoms with van der Waals surface area (Å²) >= 11 is 0. The molecule has 1 aromatic carbocycles. The first-order valence-corrected chi connectivity index (χ1v) is 8.13. The number of nitrogens with zero attached hydrogens (tertiary/aromatic N) is 4. The van der Waals surface area contributed by atoms with Crippen LogP contribution in [-0.4, -0.2) is 53.7 Å². The second kappa shape index (κ2) is 7.42. The highest BCUT2D eigenvalue weighted by Crippen LogP contribution is 2.25. The van der Waals surface area contributed by atoms with Crippen LogP contribution in [0.2, 0.25) is 0 Å². The Morgan fingerprint density at radius 1 is 1.44 bits per heavy atom. The minimum atomic E-state index is -0.475. The molecule has 8 nitrogen and oxygen atoms in total. The highest BCUT2D eigenvalue weighted by Gasteiger charge is 2.17. The summed E-state index contributed by atoms with van der Waals surface area (Å²) in [6, 6.07) is 8.41. The van der Waals surface area contributed by atoms with Crippen LogP contribution in [0.5, 0.6) is 0 Å². The van der Waals surface area contributed by atoms with Crippen molar-refractivity contribution in [3.05, 3.63) is 39.9 Å². The molecular weight excluding hydrogens is 322 g/mol. The second-order valence-electron chi connectivity index (χ2n) is 6.00. The van der Waals surface area contributed by atoms with Crippen molar-refractivity contribution in [3.63, 3.8) is 0 Å². The van der Waals surface area contributed by atoms with Crippen LogP contribution in [-0.2, 0) is 4.74 Å². The molecule has 25 heavy (non-hydrogen) atoms. The number of nitro groups is 1. The predicted octanol–water partition coefficient (Wildman–Crippen LogP) is 2.15. The lowest BCUT2D eigenvalue weighted by molar-refractivity contribution is -0.384. The zero-order valence-electron chi connectivity index (χ0n) is 13.9. The Hall–Kier alpha value is -2.76. The van der Waals surface area contributed by atoms with Gasteiger partial charge in [-0.2, -0.15) is 5.26 Å². The minimum absolute atomic E-state index is 0.0487. The molecule has 1 aromatic heterocycles. The van der Waals surface area contributed by atoms with Crippen molar-refractivity contribution in [2.45, 2.75) is 13.0 Å². The molecular formula is C17H19N5O3. The summed E-state index contributed by atoms with van der Waals surface area (Å²) in [5.41, 5.74) is 0.883. The summed E-state index contributed by atoms with van der Waals surface area (Å²) in [6.45, 7) is 6.12. The molecule has 1 atom stereocenters. The van der Waals surface area contributed by atoms with E-state index >= 15 is 0 Å². The van der Waals surface area contributed by atoms with E-state index in [2.05, 4.69) is 28.2 Å². The van der Waals surface area contributed by atoms with Crippen LogP contribution in [0.1, 0.15) is 12.5 Å². The maximum atomic E-state index is 10.9. The molecule has 0 aliphatic carbocycles. The number of non-ortho nitro benzene ring substituents is 1. The third kappa shape index (κ3) is 3.84. The largest absolute Gasteiger partial charge is 0.379 e. The number of morpholine rings is 1. The number of rotatable bonds is 5. The summed E-state index contributed by atoms with van der Waals surface area (Å²) in [5, 5.41) is 24.0. The molecule has 3 rings (SSSR count). The SMILES string of the molecule is CC(CNc1cc(C#N)c2cc([N+](=O)[O-])ccc2n1)N1CCOCC1. The Kier molecular flexibility index (Phi) is 5.07. The van der Waals surface area contributed by atoms with Crippen LogP contribution < -0.4 is 5.32 Å². The number of benzene rings is 1. The first kappa shape index (κ1) is 17.1. The van der Waals surface area contributed by atoms with E-state index in [-0.39, 0.29) is 5.69 Å². The highest BCUT2D eigenvalue weighted by molar-refractivity contribution is 5.88. The van der Waals surface area contributed by atoms with E-state index in [9.17, 15) is 15.4 Å². The number of aromatic nitrogens is 1. The van der Waals surface area contributed by atoms with Gasteiger partial charge in [-0.1, -0.05) is 0 Å². The third-order valence-corrected chi connectivity index (χ3v) is 4.37. The minimum Gasteiger partial charge on any atom is -0.379 e. The van der Waals surface area contributed by atoms with E-state index in [0.717, 1.165) is 26.3 Å². The summed E-state index contributed by atoms with van der Waals surface area (Å²) in [4.78, 5) is 17.3. The number of nitro benzene ring substituents is 1. The Morgan fingerprint density at radius 3 is 2.88 bits per heavy atom. The van der Waals surface area contributed by atoms with E-state index < -0.39 is 4.92 Å². The molecule has 1 aliphatic heterocycles. The van der Waals surface area contributed by atoms with Gasteiger partial charge in [-0.05, 0) is 19.1 Å². The summed E-state index contributed by atoms with van der Waals surface area (Å²) in [7, 11) is 0. The van der Waals surface area contributed by atoms with Gasteiger partial charge < -0.3 is 10.1 Å². The topological polar surface area (TPSA) is 104 Å². The molecule has 1 unspecified atom stereocenters. The van der Waals surface area contributed by atoms with Gasteiger partial charge in [0.05, 0.1) is 35.3 Å². The molecule has 1 fully saturated rings. The number of nitriles is 1. The van der Waals surface area contributed by atoms with Gasteiger partial charge in [0.25, 0.3) is 5.69 Å². The molecule has 0 radical (unpaired) electrons. The van der Waals surface area contributed by atoms with Crippen LogP contribution in [0.4, 0.5) is 11.5 Å². The molecule has 0 saturated carbocycles. The van der Waals surface area contributed by atoms with Crippen molar-refractivity contribution in [1.29, 1.82) is 5.26 Å². The molecule has 2 aromatic rings. The van der Waals surface area contributed by atoms with Crippen LogP contribution in [0, 0.1) is 21.4 Å². The van der Waals surface area contributed by atoms with Crippen molar-refractivity contribution in [3.8, 4) is 6.07 Å². The zero-order valence-corrected chi connectivity index (χ0v) is 13.9. The fourth-order valence-electron chi connectivity index (χ4n) is 2.91. The van der Waals surface area contributed by atoms with Gasteiger partial charge in [0.15, 0.2) is 0 Å². The molecule has 1 aliphatic rings. The molecule has 0 spiro atoms. The third-order valence-electron chi connectivity index (χ3n) is 4.37. The molecule has 8 heteroatoms. The van der Waals surface area contributed by atoms with Gasteiger partial charge >= 0.3 is 0 Å². The fraction of sp³-hybridized carbons (Fsp3) is 0.412. The van der Waals surface area contributed by atoms with Crippen LogP contribution >= 0.6 is 0 Å². The van der Waals surface area contributed by atoms with Crippen molar-refractivity contribution in [2.75, 3.05) is 38.2 Å². The lowest BCUT2D eigenvalue weighted by Gasteiger charge is -2.32. The Morgan fingerprint density at radius 2 is 2.20 bits per heavy atom. The fourth-order valence-corrected chi connectivity index (χ4v) is 2.91. The smallest absolute Gasteiger partial charge is 0.270 e. The number of nitrogens with one attached hydrogen (secondary N) is 1. The lowest BCUT2D eigenvalue weighted by atomic mass is 10.1. The Labute approximate surface area is 145 Å². The highest BCUT2D eigenvalue weighted by atomic mass is 16.6. The van der Waals surface area contributed by atoms with E-state index in [1.807, 2.05) is 0 Å². The van der Waals surface area contributed by atoms with E-state index in [0.29, 0.717) is 34.9 Å². The van der Waals surface area contributed by atoms with Gasteiger partial charge in [-0.25, -0.2) is 4.98 Å². The average molecular weight is 341 g/mol. The molecule has 1 saturated heterocycles. The van der Waals surface area contributed by atoms with Crippen molar-refractivity contribution < 1.29 is 9.66 Å². The van der Waals surface area contributed by atoms with Crippen molar-refractivity contribution >= 4 is 22.4 Å². The zero-order chi connectivity index (χ0) is 17.8. The standard InChI is InChI=1S/C17H19N5O3/c1-12(21-4-6-25-7-5-21)11-19-17-8-13(10-18)15-9-14(22(23)24)2-3-16(15)20-17/h2-3,8-9,12H,4-7,11H2,1H3,(H,19,20). The van der Waals surface area contributed by atoms with Crippen LogP contribution in [0.3, 0.4) is 0 Å². The van der Waals surface area contributed by atoms with Gasteiger partial charge in [0, 0.05) is 43.2 Å². The number of hydrogen-bond acceptors (Lipinski definition) is 7. The Balaban J connectivity index is 1.79. The lowest BCUT2D eigenvalue weighted by Crippen LogP contribution is -2.45. The predicted molar refractivity (Wildman–Crippen MR) is 93.5 cm³/mol. The van der Waals surface area contributed by atoms with Crippen molar-refractivity contribution in [1.82, 2.24) is 9.88 Å². The maximum absolute atomic E-state index is 10.9. The van der Waals surface area contributed by atoms with Crippen LogP contribution in [0.25, 0.3) is 10.9 Å². The van der Waals surface area contributed by atoms with Gasteiger partial charge in [-0.3, -0.25) is 15.0 Å². The first-order chi connectivity index (χ1) is 12.1. The summed E-state index contributed by atoms with van der Waals surface area (Å²) < 4.78 is 5.36. The normalized spacial score (nSPS) is 16.3. The number of pyridine rings is 1. The van der Waals surface area contributed by atoms with E-state index in [4.69, 9.17) is 4.74 Å². The van der Waals surface area contributed by atoms with Gasteiger partial charge in [0.1, 0.15) is 5.82 Å². The van der Waals surface area contributed by atoms with E-state index in [1.165, 1.54) is 12.1 Å². The quantitative estimate of drug-likeness (QED) is 0.656. The second-order valence-corrected chi connectivity index (χ2v) is 6.00. The Bertz CT molecular complexity index is 827. The molecule has 1 N–H and O–H groups in total. The first-order valence-electron chi connectivity index (χ1n) is 8.13. The molecule has 0 bridgehead atoms. The molecule has 0 amide bonds. The summed E-state index contributed by atoms with van der Waals surface area (Å²) in [6.07, 6.45) is 0. The number of ether oxygens (including phenoxy) is 1.